The third-order valence-electron chi connectivity index (χ3n) is 2.91. The third kappa shape index (κ3) is 1.85. The standard InChI is InChI=1S/C14H10ClNOS/c1-8-2-4-12(15)10(6-8)9-3-5-13-11(7-9)14(17)16-18-13/h2-7H,1H3,(H,16,17). The maximum absolute atomic E-state index is 11.6. The first-order valence-electron chi connectivity index (χ1n) is 5.53. The highest BCUT2D eigenvalue weighted by Crippen LogP contribution is 2.30. The Balaban J connectivity index is 2.28. The van der Waals surface area contributed by atoms with E-state index in [4.69, 9.17) is 11.6 Å². The molecule has 0 fully saturated rings. The summed E-state index contributed by atoms with van der Waals surface area (Å²) in [6.45, 7) is 2.02. The lowest BCUT2D eigenvalue weighted by atomic mass is 10.0. The topological polar surface area (TPSA) is 32.9 Å². The predicted molar refractivity (Wildman–Crippen MR) is 77.6 cm³/mol. The van der Waals surface area contributed by atoms with E-state index >= 15 is 0 Å². The molecule has 1 N–H and O–H groups in total. The van der Waals surface area contributed by atoms with E-state index in [0.29, 0.717) is 5.02 Å². The molecular weight excluding hydrogens is 266 g/mol. The van der Waals surface area contributed by atoms with Crippen LogP contribution in [0, 0.1) is 6.92 Å². The summed E-state index contributed by atoms with van der Waals surface area (Å²) in [5.74, 6) is 0. The summed E-state index contributed by atoms with van der Waals surface area (Å²) in [4.78, 5) is 11.6. The normalized spacial score (nSPS) is 11.0. The number of rotatable bonds is 1. The van der Waals surface area contributed by atoms with E-state index in [-0.39, 0.29) is 5.56 Å². The molecule has 0 spiro atoms. The molecule has 2 aromatic carbocycles. The van der Waals surface area contributed by atoms with Crippen molar-refractivity contribution in [1.29, 1.82) is 0 Å². The lowest BCUT2D eigenvalue weighted by Crippen LogP contribution is -1.96. The van der Waals surface area contributed by atoms with E-state index in [1.807, 2.05) is 43.3 Å². The Morgan fingerprint density at radius 2 is 2.00 bits per heavy atom. The molecule has 0 radical (unpaired) electrons. The zero-order valence-corrected chi connectivity index (χ0v) is 11.2. The first-order valence-corrected chi connectivity index (χ1v) is 6.72. The van der Waals surface area contributed by atoms with E-state index in [1.54, 1.807) is 0 Å². The Morgan fingerprint density at radius 1 is 1.17 bits per heavy atom. The fraction of sp³-hybridized carbons (Fsp3) is 0.0714. The minimum absolute atomic E-state index is 0.0411. The molecule has 3 aromatic rings. The minimum Gasteiger partial charge on any atom is -0.277 e. The molecule has 0 amide bonds. The zero-order valence-electron chi connectivity index (χ0n) is 9.66. The highest BCUT2D eigenvalue weighted by molar-refractivity contribution is 7.13. The van der Waals surface area contributed by atoms with Crippen molar-refractivity contribution in [2.75, 3.05) is 0 Å². The van der Waals surface area contributed by atoms with E-state index in [9.17, 15) is 4.79 Å². The van der Waals surface area contributed by atoms with Gasteiger partial charge in [0.1, 0.15) is 0 Å². The van der Waals surface area contributed by atoms with E-state index in [1.165, 1.54) is 11.5 Å². The molecule has 18 heavy (non-hydrogen) atoms. The Labute approximate surface area is 113 Å². The molecular formula is C14H10ClNOS. The summed E-state index contributed by atoms with van der Waals surface area (Å²) in [6, 6.07) is 11.7. The Kier molecular flexibility index (Phi) is 2.73. The second-order valence-corrected chi connectivity index (χ2v) is 5.48. The summed E-state index contributed by atoms with van der Waals surface area (Å²) in [5.41, 5.74) is 3.04. The van der Waals surface area contributed by atoms with Crippen molar-refractivity contribution in [2.24, 2.45) is 0 Å². The molecule has 0 aliphatic rings. The van der Waals surface area contributed by atoms with Crippen LogP contribution in [0.25, 0.3) is 21.2 Å². The summed E-state index contributed by atoms with van der Waals surface area (Å²) < 4.78 is 3.70. The van der Waals surface area contributed by atoms with Crippen molar-refractivity contribution in [3.05, 3.63) is 57.3 Å². The smallest absolute Gasteiger partial charge is 0.265 e. The van der Waals surface area contributed by atoms with Gasteiger partial charge in [0.25, 0.3) is 5.56 Å². The average Bonchev–Trinajstić information content (AvgIpc) is 2.74. The van der Waals surface area contributed by atoms with Crippen LogP contribution in [0.1, 0.15) is 5.56 Å². The van der Waals surface area contributed by atoms with Crippen molar-refractivity contribution in [2.45, 2.75) is 6.92 Å². The van der Waals surface area contributed by atoms with Crippen LogP contribution in [-0.2, 0) is 0 Å². The van der Waals surface area contributed by atoms with Crippen LogP contribution in [0.5, 0.6) is 0 Å². The second kappa shape index (κ2) is 4.26. The van der Waals surface area contributed by atoms with Gasteiger partial charge >= 0.3 is 0 Å². The predicted octanol–water partition coefficient (Wildman–Crippen LogP) is 4.22. The maximum atomic E-state index is 11.6. The molecule has 0 atom stereocenters. The first-order chi connectivity index (χ1) is 8.65. The van der Waals surface area contributed by atoms with Crippen molar-refractivity contribution >= 4 is 33.2 Å². The van der Waals surface area contributed by atoms with Gasteiger partial charge in [-0.2, -0.15) is 0 Å². The Hall–Kier alpha value is -1.58. The number of hydrogen-bond acceptors (Lipinski definition) is 2. The molecule has 4 heteroatoms. The van der Waals surface area contributed by atoms with Gasteiger partial charge in [-0.25, -0.2) is 0 Å². The number of hydrogen-bond donors (Lipinski definition) is 1. The van der Waals surface area contributed by atoms with Crippen LogP contribution >= 0.6 is 23.1 Å². The minimum atomic E-state index is -0.0411. The summed E-state index contributed by atoms with van der Waals surface area (Å²) in [5, 5.41) is 1.42. The fourth-order valence-corrected chi connectivity index (χ4v) is 2.92. The number of fused-ring (bicyclic) bond motifs is 1. The Bertz CT molecular complexity index is 788. The molecule has 0 saturated heterocycles. The van der Waals surface area contributed by atoms with E-state index in [0.717, 1.165) is 26.8 Å². The molecule has 1 aromatic heterocycles. The molecule has 2 nitrogen and oxygen atoms in total. The van der Waals surface area contributed by atoms with Gasteiger partial charge < -0.3 is 0 Å². The van der Waals surface area contributed by atoms with Gasteiger partial charge in [0, 0.05) is 10.6 Å². The van der Waals surface area contributed by atoms with Crippen LogP contribution in [-0.4, -0.2) is 4.37 Å². The first kappa shape index (κ1) is 11.5. The average molecular weight is 276 g/mol. The van der Waals surface area contributed by atoms with Gasteiger partial charge in [-0.05, 0) is 36.8 Å². The van der Waals surface area contributed by atoms with Gasteiger partial charge in [0.05, 0.1) is 10.1 Å². The van der Waals surface area contributed by atoms with Crippen LogP contribution in [0.4, 0.5) is 0 Å². The maximum Gasteiger partial charge on any atom is 0.265 e. The monoisotopic (exact) mass is 275 g/mol. The van der Waals surface area contributed by atoms with Crippen molar-refractivity contribution < 1.29 is 0 Å². The third-order valence-corrected chi connectivity index (χ3v) is 4.10. The zero-order chi connectivity index (χ0) is 12.7. The Morgan fingerprint density at radius 3 is 2.83 bits per heavy atom. The summed E-state index contributed by atoms with van der Waals surface area (Å²) in [6.07, 6.45) is 0. The lowest BCUT2D eigenvalue weighted by Gasteiger charge is -2.05. The SMILES string of the molecule is Cc1ccc(Cl)c(-c2ccc3s[nH]c(=O)c3c2)c1. The summed E-state index contributed by atoms with van der Waals surface area (Å²) >= 11 is 7.57. The highest BCUT2D eigenvalue weighted by Gasteiger charge is 2.07. The van der Waals surface area contributed by atoms with Crippen LogP contribution in [0.15, 0.2) is 41.2 Å². The van der Waals surface area contributed by atoms with Crippen LogP contribution in [0.2, 0.25) is 5.02 Å². The molecule has 0 aliphatic heterocycles. The number of halogens is 1. The van der Waals surface area contributed by atoms with Crippen molar-refractivity contribution in [1.82, 2.24) is 4.37 Å². The molecule has 3 rings (SSSR count). The molecule has 0 saturated carbocycles. The highest BCUT2D eigenvalue weighted by atomic mass is 35.5. The number of H-pyrrole nitrogens is 1. The van der Waals surface area contributed by atoms with E-state index in [2.05, 4.69) is 4.37 Å². The molecule has 0 aliphatic carbocycles. The fourth-order valence-electron chi connectivity index (χ4n) is 1.98. The van der Waals surface area contributed by atoms with Gasteiger partial charge in [0.2, 0.25) is 0 Å². The second-order valence-electron chi connectivity index (χ2n) is 4.23. The molecule has 1 heterocycles. The van der Waals surface area contributed by atoms with Crippen molar-refractivity contribution in [3.8, 4) is 11.1 Å². The van der Waals surface area contributed by atoms with Crippen LogP contribution < -0.4 is 5.56 Å². The largest absolute Gasteiger partial charge is 0.277 e. The quantitative estimate of drug-likeness (QED) is 0.709. The summed E-state index contributed by atoms with van der Waals surface area (Å²) in [7, 11) is 0. The molecule has 90 valence electrons. The van der Waals surface area contributed by atoms with Gasteiger partial charge in [-0.1, -0.05) is 40.8 Å². The van der Waals surface area contributed by atoms with Crippen LogP contribution in [0.3, 0.4) is 0 Å². The number of benzene rings is 2. The van der Waals surface area contributed by atoms with Gasteiger partial charge in [-0.15, -0.1) is 0 Å². The molecule has 0 unspecified atom stereocenters. The number of aryl methyl sites for hydroxylation is 1. The van der Waals surface area contributed by atoms with Gasteiger partial charge in [0.15, 0.2) is 0 Å². The number of nitrogens with one attached hydrogen (secondary N) is 1. The lowest BCUT2D eigenvalue weighted by molar-refractivity contribution is 1.45. The van der Waals surface area contributed by atoms with Crippen molar-refractivity contribution in [3.63, 3.8) is 0 Å². The van der Waals surface area contributed by atoms with Gasteiger partial charge in [-0.3, -0.25) is 9.17 Å². The molecule has 0 bridgehead atoms. The number of aromatic nitrogens is 1. The van der Waals surface area contributed by atoms with E-state index < -0.39 is 0 Å². The number of aromatic amines is 1.